The normalized spacial score (nSPS) is 12.7. The molecule has 4 nitrogen and oxygen atoms in total. The number of benzene rings is 1. The van der Waals surface area contributed by atoms with Crippen LogP contribution in [0.3, 0.4) is 0 Å². The fraction of sp³-hybridized carbons (Fsp3) is 0.400. The second-order valence-corrected chi connectivity index (χ2v) is 9.60. The van der Waals surface area contributed by atoms with Gasteiger partial charge in [0.1, 0.15) is 22.9 Å². The number of anilines is 1. The van der Waals surface area contributed by atoms with Crippen molar-refractivity contribution in [3.8, 4) is 5.75 Å². The van der Waals surface area contributed by atoms with Crippen molar-refractivity contribution in [1.29, 1.82) is 0 Å². The van der Waals surface area contributed by atoms with Crippen LogP contribution in [0, 0.1) is 12.3 Å². The Morgan fingerprint density at radius 2 is 1.76 bits per heavy atom. The number of imidazole rings is 1. The lowest BCUT2D eigenvalue weighted by Gasteiger charge is -2.34. The van der Waals surface area contributed by atoms with E-state index in [1.54, 1.807) is 7.11 Å². The van der Waals surface area contributed by atoms with E-state index in [0.717, 1.165) is 34.9 Å². The molecule has 154 valence electrons. The van der Waals surface area contributed by atoms with Crippen molar-refractivity contribution in [2.24, 2.45) is 5.41 Å². The number of hydrogen-bond acceptors (Lipinski definition) is 3. The highest BCUT2D eigenvalue weighted by Gasteiger charge is 2.27. The predicted octanol–water partition coefficient (Wildman–Crippen LogP) is 6.45. The Kier molecular flexibility index (Phi) is 5.74. The minimum absolute atomic E-state index is 0.0784. The van der Waals surface area contributed by atoms with E-state index in [0.29, 0.717) is 0 Å². The Balaban J connectivity index is 2.05. The van der Waals surface area contributed by atoms with Crippen LogP contribution in [0.2, 0.25) is 0 Å². The van der Waals surface area contributed by atoms with Crippen LogP contribution in [0.4, 0.5) is 5.82 Å². The molecule has 0 aliphatic heterocycles. The van der Waals surface area contributed by atoms with E-state index >= 15 is 0 Å². The molecule has 2 aromatic heterocycles. The molecule has 29 heavy (non-hydrogen) atoms. The zero-order valence-corrected chi connectivity index (χ0v) is 18.7. The van der Waals surface area contributed by atoms with Crippen molar-refractivity contribution >= 4 is 23.6 Å². The average molecular weight is 392 g/mol. The third kappa shape index (κ3) is 5.20. The van der Waals surface area contributed by atoms with Crippen molar-refractivity contribution in [3.63, 3.8) is 0 Å². The Labute approximate surface area is 174 Å². The maximum absolute atomic E-state index is 5.48. The van der Waals surface area contributed by atoms with Gasteiger partial charge in [0, 0.05) is 17.3 Å². The molecule has 0 bridgehead atoms. The summed E-state index contributed by atoms with van der Waals surface area (Å²) in [6.07, 6.45) is 7.30. The molecule has 1 N–H and O–H groups in total. The largest absolute Gasteiger partial charge is 0.496 e. The fourth-order valence-electron chi connectivity index (χ4n) is 4.07. The minimum Gasteiger partial charge on any atom is -0.496 e. The number of pyridine rings is 1. The lowest BCUT2D eigenvalue weighted by Crippen LogP contribution is -2.36. The van der Waals surface area contributed by atoms with Crippen molar-refractivity contribution in [2.75, 3.05) is 12.4 Å². The summed E-state index contributed by atoms with van der Waals surface area (Å²) in [4.78, 5) is 4.88. The van der Waals surface area contributed by atoms with Gasteiger partial charge in [-0.25, -0.2) is 4.98 Å². The molecule has 0 unspecified atom stereocenters. The van der Waals surface area contributed by atoms with Crippen molar-refractivity contribution < 1.29 is 4.74 Å². The van der Waals surface area contributed by atoms with E-state index in [-0.39, 0.29) is 11.0 Å². The van der Waals surface area contributed by atoms with Crippen LogP contribution in [0.5, 0.6) is 5.75 Å². The number of hydrogen-bond donors (Lipinski definition) is 1. The van der Waals surface area contributed by atoms with Crippen LogP contribution in [-0.2, 0) is 0 Å². The third-order valence-corrected chi connectivity index (χ3v) is 4.78. The molecule has 2 heterocycles. The number of aromatic nitrogens is 2. The molecule has 0 saturated carbocycles. The molecule has 0 spiro atoms. The summed E-state index contributed by atoms with van der Waals surface area (Å²) in [7, 11) is 1.70. The topological polar surface area (TPSA) is 38.6 Å². The minimum atomic E-state index is -0.0784. The first-order valence-electron chi connectivity index (χ1n) is 10.2. The highest BCUT2D eigenvalue weighted by Crippen LogP contribution is 2.32. The second-order valence-electron chi connectivity index (χ2n) is 9.60. The van der Waals surface area contributed by atoms with Crippen LogP contribution < -0.4 is 10.1 Å². The first-order chi connectivity index (χ1) is 13.6. The van der Waals surface area contributed by atoms with Gasteiger partial charge in [0.15, 0.2) is 0 Å². The molecule has 0 saturated heterocycles. The Morgan fingerprint density at radius 1 is 1.03 bits per heavy atom. The van der Waals surface area contributed by atoms with Crippen molar-refractivity contribution in [3.05, 3.63) is 59.4 Å². The number of aryl methyl sites for hydroxylation is 1. The Bertz CT molecular complexity index is 1020. The van der Waals surface area contributed by atoms with E-state index in [4.69, 9.17) is 9.72 Å². The van der Waals surface area contributed by atoms with E-state index in [9.17, 15) is 0 Å². The highest BCUT2D eigenvalue weighted by molar-refractivity contribution is 5.77. The van der Waals surface area contributed by atoms with Gasteiger partial charge in [0.05, 0.1) is 7.11 Å². The smallest absolute Gasteiger partial charge is 0.139 e. The van der Waals surface area contributed by atoms with Gasteiger partial charge in [-0.2, -0.15) is 0 Å². The summed E-state index contributed by atoms with van der Waals surface area (Å²) >= 11 is 0. The number of nitrogens with one attached hydrogen (secondary N) is 1. The Hall–Kier alpha value is -2.75. The molecular weight excluding hydrogens is 358 g/mol. The lowest BCUT2D eigenvalue weighted by atomic mass is 9.82. The molecule has 0 fully saturated rings. The maximum atomic E-state index is 5.48. The predicted molar refractivity (Wildman–Crippen MR) is 124 cm³/mol. The number of rotatable bonds is 6. The van der Waals surface area contributed by atoms with E-state index < -0.39 is 0 Å². The van der Waals surface area contributed by atoms with Crippen LogP contribution in [0.15, 0.2) is 42.6 Å². The lowest BCUT2D eigenvalue weighted by molar-refractivity contribution is 0.302. The molecule has 1 aromatic carbocycles. The third-order valence-electron chi connectivity index (χ3n) is 4.78. The summed E-state index contributed by atoms with van der Waals surface area (Å²) in [5.74, 6) is 1.87. The van der Waals surface area contributed by atoms with Crippen molar-refractivity contribution in [1.82, 2.24) is 9.38 Å². The van der Waals surface area contributed by atoms with Gasteiger partial charge in [-0.15, -0.1) is 0 Å². The van der Waals surface area contributed by atoms with Gasteiger partial charge in [-0.3, -0.25) is 4.40 Å². The highest BCUT2D eigenvalue weighted by atomic mass is 16.5. The summed E-state index contributed by atoms with van der Waals surface area (Å²) in [6.45, 7) is 13.4. The number of nitrogens with zero attached hydrogens (tertiary/aromatic N) is 2. The number of ether oxygens (including phenoxy) is 1. The van der Waals surface area contributed by atoms with Gasteiger partial charge in [-0.05, 0) is 62.5 Å². The monoisotopic (exact) mass is 391 g/mol. The standard InChI is InChI=1S/C25H33N3O/c1-18-12-15-22-26-20(14-13-19-10-8-9-11-21(19)29-7)23(28(22)16-18)27-25(5,6)17-24(2,3)4/h8-16,27H,17H2,1-7H3/b14-13+. The molecule has 0 aliphatic rings. The fourth-order valence-corrected chi connectivity index (χ4v) is 4.07. The Morgan fingerprint density at radius 3 is 2.45 bits per heavy atom. The first kappa shape index (κ1) is 21.0. The van der Waals surface area contributed by atoms with Crippen LogP contribution in [-0.4, -0.2) is 22.0 Å². The molecule has 0 radical (unpaired) electrons. The van der Waals surface area contributed by atoms with Crippen molar-refractivity contribution in [2.45, 2.75) is 53.5 Å². The van der Waals surface area contributed by atoms with Crippen LogP contribution in [0.1, 0.15) is 57.9 Å². The summed E-state index contributed by atoms with van der Waals surface area (Å²) in [6, 6.07) is 12.2. The molecule has 0 amide bonds. The number of methoxy groups -OCH3 is 1. The van der Waals surface area contributed by atoms with Gasteiger partial charge in [0.25, 0.3) is 0 Å². The quantitative estimate of drug-likeness (QED) is 0.525. The maximum Gasteiger partial charge on any atom is 0.139 e. The van der Waals surface area contributed by atoms with E-state index in [2.05, 4.69) is 81.7 Å². The summed E-state index contributed by atoms with van der Waals surface area (Å²) in [5, 5.41) is 3.78. The molecule has 0 aliphatic carbocycles. The van der Waals surface area contributed by atoms with E-state index in [1.807, 2.05) is 24.3 Å². The SMILES string of the molecule is COc1ccccc1/C=C/c1nc2ccc(C)cn2c1NC(C)(C)CC(C)(C)C. The number of para-hydroxylation sites is 1. The molecule has 3 rings (SSSR count). The molecule has 0 atom stereocenters. The van der Waals surface area contributed by atoms with Gasteiger partial charge in [-0.1, -0.05) is 45.0 Å². The molecule has 3 aromatic rings. The summed E-state index contributed by atoms with van der Waals surface area (Å²) in [5.41, 5.74) is 4.23. The molecule has 4 heteroatoms. The van der Waals surface area contributed by atoms with Gasteiger partial charge in [0.2, 0.25) is 0 Å². The average Bonchev–Trinajstić information content (AvgIpc) is 2.94. The van der Waals surface area contributed by atoms with Crippen LogP contribution in [0.25, 0.3) is 17.8 Å². The van der Waals surface area contributed by atoms with Crippen LogP contribution >= 0.6 is 0 Å². The van der Waals surface area contributed by atoms with Gasteiger partial charge >= 0.3 is 0 Å². The zero-order valence-electron chi connectivity index (χ0n) is 18.7. The zero-order chi connectivity index (χ0) is 21.2. The van der Waals surface area contributed by atoms with E-state index in [1.165, 1.54) is 5.56 Å². The molecular formula is C25H33N3O. The first-order valence-corrected chi connectivity index (χ1v) is 10.2. The second kappa shape index (κ2) is 7.94. The van der Waals surface area contributed by atoms with Gasteiger partial charge < -0.3 is 10.1 Å². The number of fused-ring (bicyclic) bond motifs is 1. The summed E-state index contributed by atoms with van der Waals surface area (Å²) < 4.78 is 7.64.